The topological polar surface area (TPSA) is 95.9 Å². The summed E-state index contributed by atoms with van der Waals surface area (Å²) in [6, 6.07) is -0.678. The summed E-state index contributed by atoms with van der Waals surface area (Å²) in [5, 5.41) is 26.8. The maximum absolute atomic E-state index is 9.32. The Morgan fingerprint density at radius 2 is 1.92 bits per heavy atom. The highest BCUT2D eigenvalue weighted by molar-refractivity contribution is 9.09. The average Bonchev–Trinajstić information content (AvgIpc) is 2.08. The fourth-order valence-corrected chi connectivity index (χ4v) is 1.68. The van der Waals surface area contributed by atoms with E-state index in [2.05, 4.69) is 15.9 Å². The Labute approximate surface area is 78.3 Å². The fourth-order valence-electron chi connectivity index (χ4n) is 1.09. The Kier molecular flexibility index (Phi) is 3.45. The van der Waals surface area contributed by atoms with E-state index in [1.54, 1.807) is 0 Å². The zero-order valence-electron chi connectivity index (χ0n) is 6.30. The van der Waals surface area contributed by atoms with Crippen LogP contribution in [0.2, 0.25) is 0 Å². The van der Waals surface area contributed by atoms with E-state index in [0.29, 0.717) is 0 Å². The molecule has 12 heavy (non-hydrogen) atoms. The van der Waals surface area contributed by atoms with E-state index < -0.39 is 29.4 Å². The molecule has 5 nitrogen and oxygen atoms in total. The number of halogens is 1. The summed E-state index contributed by atoms with van der Waals surface area (Å²) in [4.78, 5) is 0. The van der Waals surface area contributed by atoms with Gasteiger partial charge in [0.25, 0.3) is 0 Å². The Morgan fingerprint density at radius 3 is 2.42 bits per heavy atom. The van der Waals surface area contributed by atoms with Crippen LogP contribution in [0.25, 0.3) is 0 Å². The van der Waals surface area contributed by atoms with Crippen molar-refractivity contribution in [2.45, 2.75) is 29.4 Å². The standard InChI is InChI=1S/C6H12BrNO4/c7-6-3(8)5(11)4(10)2(1-9)12-6/h2-6,9-11H,1,8H2. The largest absolute Gasteiger partial charge is 0.394 e. The molecule has 5 unspecified atom stereocenters. The van der Waals surface area contributed by atoms with Crippen LogP contribution in [0.15, 0.2) is 0 Å². The van der Waals surface area contributed by atoms with Crippen LogP contribution in [0.1, 0.15) is 0 Å². The maximum atomic E-state index is 9.32. The van der Waals surface area contributed by atoms with Gasteiger partial charge in [0.05, 0.1) is 12.6 Å². The van der Waals surface area contributed by atoms with Crippen LogP contribution in [0.4, 0.5) is 0 Å². The summed E-state index contributed by atoms with van der Waals surface area (Å²) in [6.07, 6.45) is -2.97. The molecule has 1 saturated heterocycles. The van der Waals surface area contributed by atoms with E-state index in [9.17, 15) is 10.2 Å². The van der Waals surface area contributed by atoms with Crippen molar-refractivity contribution in [2.75, 3.05) is 6.61 Å². The smallest absolute Gasteiger partial charge is 0.130 e. The van der Waals surface area contributed by atoms with Crippen LogP contribution in [0, 0.1) is 0 Å². The molecule has 0 saturated carbocycles. The predicted octanol–water partition coefficient (Wildman–Crippen LogP) is -1.85. The van der Waals surface area contributed by atoms with Crippen LogP contribution in [0.5, 0.6) is 0 Å². The Hall–Kier alpha value is 0.280. The molecule has 0 radical (unpaired) electrons. The summed E-state index contributed by atoms with van der Waals surface area (Å²) >= 11 is 3.07. The van der Waals surface area contributed by atoms with Crippen molar-refractivity contribution in [1.29, 1.82) is 0 Å². The molecule has 5 N–H and O–H groups in total. The second-order valence-corrected chi connectivity index (χ2v) is 3.67. The van der Waals surface area contributed by atoms with E-state index in [-0.39, 0.29) is 6.61 Å². The first-order valence-electron chi connectivity index (χ1n) is 3.60. The van der Waals surface area contributed by atoms with Crippen LogP contribution in [0.3, 0.4) is 0 Å². The molecule has 0 bridgehead atoms. The second kappa shape index (κ2) is 3.99. The van der Waals surface area contributed by atoms with Crippen molar-refractivity contribution in [1.82, 2.24) is 0 Å². The summed E-state index contributed by atoms with van der Waals surface area (Å²) in [5.41, 5.74) is 5.47. The van der Waals surface area contributed by atoms with Crippen LogP contribution < -0.4 is 5.73 Å². The van der Waals surface area contributed by atoms with Crippen molar-refractivity contribution >= 4 is 15.9 Å². The monoisotopic (exact) mass is 241 g/mol. The minimum atomic E-state index is -1.13. The lowest BCUT2D eigenvalue weighted by molar-refractivity contribution is -0.164. The molecule has 0 amide bonds. The molecule has 1 fully saturated rings. The molecule has 0 spiro atoms. The van der Waals surface area contributed by atoms with Crippen LogP contribution >= 0.6 is 15.9 Å². The second-order valence-electron chi connectivity index (χ2n) is 2.77. The van der Waals surface area contributed by atoms with E-state index in [1.807, 2.05) is 0 Å². The van der Waals surface area contributed by atoms with E-state index in [0.717, 1.165) is 0 Å². The first-order chi connectivity index (χ1) is 5.57. The summed E-state index contributed by atoms with van der Waals surface area (Å²) < 4.78 is 5.06. The highest BCUT2D eigenvalue weighted by Gasteiger charge is 2.41. The van der Waals surface area contributed by atoms with Gasteiger partial charge in [0.2, 0.25) is 0 Å². The molecule has 0 aromatic heterocycles. The SMILES string of the molecule is NC1C(Br)OC(CO)C(O)C1O. The first kappa shape index (κ1) is 10.4. The number of nitrogens with two attached hydrogens (primary N) is 1. The molecule has 0 aliphatic carbocycles. The van der Waals surface area contributed by atoms with Crippen molar-refractivity contribution < 1.29 is 20.1 Å². The average molecular weight is 242 g/mol. The van der Waals surface area contributed by atoms with Gasteiger partial charge in [-0.1, -0.05) is 15.9 Å². The van der Waals surface area contributed by atoms with Gasteiger partial charge in [-0.3, -0.25) is 0 Å². The fraction of sp³-hybridized carbons (Fsp3) is 1.00. The number of hydrogen-bond acceptors (Lipinski definition) is 5. The molecular weight excluding hydrogens is 230 g/mol. The molecule has 6 heteroatoms. The van der Waals surface area contributed by atoms with Gasteiger partial charge in [-0.05, 0) is 0 Å². The zero-order valence-corrected chi connectivity index (χ0v) is 7.89. The van der Waals surface area contributed by atoms with Gasteiger partial charge in [-0.15, -0.1) is 0 Å². The molecular formula is C6H12BrNO4. The summed E-state index contributed by atoms with van der Waals surface area (Å²) in [7, 11) is 0. The number of rotatable bonds is 1. The molecule has 1 rings (SSSR count). The molecule has 5 atom stereocenters. The Balaban J connectivity index is 2.63. The lowest BCUT2D eigenvalue weighted by atomic mass is 9.99. The molecule has 0 aromatic carbocycles. The van der Waals surface area contributed by atoms with Gasteiger partial charge >= 0.3 is 0 Å². The normalized spacial score (nSPS) is 49.2. The van der Waals surface area contributed by atoms with Gasteiger partial charge in [0.1, 0.15) is 23.3 Å². The first-order valence-corrected chi connectivity index (χ1v) is 4.51. The molecule has 1 aliphatic rings. The third kappa shape index (κ3) is 1.78. The molecule has 1 heterocycles. The molecule has 72 valence electrons. The zero-order chi connectivity index (χ0) is 9.30. The van der Waals surface area contributed by atoms with Gasteiger partial charge in [-0.25, -0.2) is 0 Å². The van der Waals surface area contributed by atoms with Crippen LogP contribution in [-0.2, 0) is 4.74 Å². The van der Waals surface area contributed by atoms with Crippen LogP contribution in [-0.4, -0.2) is 51.3 Å². The molecule has 0 aromatic rings. The number of ether oxygens (including phenoxy) is 1. The van der Waals surface area contributed by atoms with Gasteiger partial charge < -0.3 is 25.8 Å². The van der Waals surface area contributed by atoms with Crippen molar-refractivity contribution in [3.63, 3.8) is 0 Å². The number of aliphatic hydroxyl groups excluding tert-OH is 3. The maximum Gasteiger partial charge on any atom is 0.130 e. The lowest BCUT2D eigenvalue weighted by Gasteiger charge is -2.38. The van der Waals surface area contributed by atoms with Gasteiger partial charge in [0.15, 0.2) is 0 Å². The minimum Gasteiger partial charge on any atom is -0.394 e. The third-order valence-electron chi connectivity index (χ3n) is 1.91. The van der Waals surface area contributed by atoms with E-state index in [1.165, 1.54) is 0 Å². The molecule has 1 aliphatic heterocycles. The number of aliphatic hydroxyl groups is 3. The van der Waals surface area contributed by atoms with Gasteiger partial charge in [-0.2, -0.15) is 0 Å². The Bertz CT molecular complexity index is 154. The number of alkyl halides is 1. The van der Waals surface area contributed by atoms with E-state index >= 15 is 0 Å². The summed E-state index contributed by atoms with van der Waals surface area (Å²) in [6.45, 7) is -0.340. The highest BCUT2D eigenvalue weighted by atomic mass is 79.9. The quantitative estimate of drug-likeness (QED) is 0.405. The summed E-state index contributed by atoms with van der Waals surface area (Å²) in [5.74, 6) is 0. The van der Waals surface area contributed by atoms with Crippen molar-refractivity contribution in [2.24, 2.45) is 5.73 Å². The van der Waals surface area contributed by atoms with Crippen molar-refractivity contribution in [3.05, 3.63) is 0 Å². The lowest BCUT2D eigenvalue weighted by Crippen LogP contribution is -2.60. The number of hydrogen-bond donors (Lipinski definition) is 4. The third-order valence-corrected chi connectivity index (χ3v) is 2.74. The Morgan fingerprint density at radius 1 is 1.33 bits per heavy atom. The minimum absolute atomic E-state index is 0.340. The van der Waals surface area contributed by atoms with Crippen molar-refractivity contribution in [3.8, 4) is 0 Å². The highest BCUT2D eigenvalue weighted by Crippen LogP contribution is 2.22. The van der Waals surface area contributed by atoms with Gasteiger partial charge in [0, 0.05) is 0 Å². The predicted molar refractivity (Wildman–Crippen MR) is 44.7 cm³/mol. The van der Waals surface area contributed by atoms with E-state index in [4.69, 9.17) is 15.6 Å².